The van der Waals surface area contributed by atoms with Gasteiger partial charge >= 0.3 is 0 Å². The van der Waals surface area contributed by atoms with Gasteiger partial charge in [0.1, 0.15) is 11.4 Å². The number of fused-ring (bicyclic) bond motifs is 6. The molecular weight excluding hydrogens is 1110 g/mol. The van der Waals surface area contributed by atoms with E-state index < -0.39 is 56.7 Å². The molecular formula is C50H57N2O18S6+. The third-order valence-corrected chi connectivity index (χ3v) is 17.7. The maximum Gasteiger partial charge on any atom is 0.295 e. The van der Waals surface area contributed by atoms with Gasteiger partial charge in [-0.15, -0.1) is 13.0 Å². The van der Waals surface area contributed by atoms with Crippen LogP contribution in [0.5, 0.6) is 0 Å². The smallest absolute Gasteiger partial charge is 0.295 e. The molecule has 0 unspecified atom stereocenters. The molecule has 410 valence electrons. The molecule has 2 aliphatic rings. The van der Waals surface area contributed by atoms with Crippen molar-refractivity contribution in [2.75, 3.05) is 29.5 Å². The number of hydrogen-bond donors (Lipinski definition) is 6. The van der Waals surface area contributed by atoms with Crippen LogP contribution in [0.4, 0.5) is 11.4 Å². The summed E-state index contributed by atoms with van der Waals surface area (Å²) in [5, 5.41) is 39.8. The molecule has 6 N–H and O–H groups in total. The molecule has 0 bridgehead atoms. The van der Waals surface area contributed by atoms with E-state index in [9.17, 15) is 38.9 Å². The fraction of sp³-hybridized carbons (Fsp3) is 0.340. The Hall–Kier alpha value is -4.27. The Kier molecular flexibility index (Phi) is 19.4. The molecule has 0 saturated carbocycles. The van der Waals surface area contributed by atoms with Gasteiger partial charge in [0, 0.05) is 80.4 Å². The maximum atomic E-state index is 12.9. The quantitative estimate of drug-likeness (QED) is 0.00570. The molecule has 0 aromatic heterocycles. The first-order valence-corrected chi connectivity index (χ1v) is 30.5. The van der Waals surface area contributed by atoms with Crippen molar-refractivity contribution in [3.05, 3.63) is 125 Å². The highest BCUT2D eigenvalue weighted by Gasteiger charge is 2.46. The standard InChI is InChI=1S/C50H56N2O18S6/c1-6-7-8-12-32-13-9-14-34(27-32)33(15-21-45-50(4,5)48-40-30-36(75(59,60)61)31-43(73-70-67-55)37(40)17-19-41(48)51(45)23-10-25-71-68-65-53)16-22-46-49(2,3)47-39-28-35(72-69-66-54)29-44(76(62,63)64)38(39)18-20-42(47)52(46)24-11-26-74(56,57)58/h9,13-22,27-31H,6-8,10-12,23-26H2,1-5H3,(H5-,53,54,55,56,57,58,59,60,61,62,63,64)/p+1. The number of unbranched alkanes of at least 4 members (excludes halogenated alkanes) is 2. The number of aryl methyl sites for hydroxylation is 1. The van der Waals surface area contributed by atoms with Crippen molar-refractivity contribution in [3.63, 3.8) is 0 Å². The van der Waals surface area contributed by atoms with E-state index in [4.69, 9.17) is 20.1 Å². The average Bonchev–Trinajstić information content (AvgIpc) is 3.81. The SMILES string of the molecule is CCCCCc1cccc(C(=C\C=C2\N(CCCS(=O)(=O)O)c3ccc4c(S(=O)(=O)O)cc(SOOO)cc4c3C2(C)C)/C=C/C2=[N+](CCCSOOO)c3ccc4c(SOOO)cc(S(=O)(=O)O)cc4c3C2(C)C)c1. The Bertz CT molecular complexity index is 3470. The molecule has 2 aliphatic heterocycles. The van der Waals surface area contributed by atoms with Gasteiger partial charge in [-0.3, -0.25) is 13.7 Å². The van der Waals surface area contributed by atoms with Crippen molar-refractivity contribution in [2.45, 2.75) is 104 Å². The highest BCUT2D eigenvalue weighted by Crippen LogP contribution is 2.53. The molecule has 0 spiro atoms. The van der Waals surface area contributed by atoms with Gasteiger partial charge in [0.2, 0.25) is 5.69 Å². The molecule has 0 fully saturated rings. The zero-order valence-corrected chi connectivity index (χ0v) is 46.6. The summed E-state index contributed by atoms with van der Waals surface area (Å²) in [7, 11) is -13.9. The molecule has 76 heavy (non-hydrogen) atoms. The molecule has 2 heterocycles. The summed E-state index contributed by atoms with van der Waals surface area (Å²) in [5.74, 6) is -0.157. The predicted molar refractivity (Wildman–Crippen MR) is 290 cm³/mol. The van der Waals surface area contributed by atoms with E-state index in [2.05, 4.69) is 47.4 Å². The molecule has 0 radical (unpaired) electrons. The van der Waals surface area contributed by atoms with Gasteiger partial charge in [0.25, 0.3) is 30.4 Å². The topological polar surface area (TPSA) is 285 Å². The maximum absolute atomic E-state index is 12.9. The average molecular weight is 1170 g/mol. The molecule has 26 heteroatoms. The zero-order chi connectivity index (χ0) is 55.2. The minimum absolute atomic E-state index is 0.00186. The van der Waals surface area contributed by atoms with Gasteiger partial charge in [-0.1, -0.05) is 85.1 Å². The third kappa shape index (κ3) is 13.4. The molecule has 5 aromatic rings. The van der Waals surface area contributed by atoms with Crippen molar-refractivity contribution in [2.24, 2.45) is 0 Å². The summed E-state index contributed by atoms with van der Waals surface area (Å²) in [6.07, 6.45) is 12.2. The van der Waals surface area contributed by atoms with Crippen molar-refractivity contribution in [1.29, 1.82) is 0 Å². The van der Waals surface area contributed by atoms with Crippen molar-refractivity contribution in [3.8, 4) is 0 Å². The second-order valence-electron chi connectivity index (χ2n) is 18.9. The Labute approximate surface area is 453 Å². The van der Waals surface area contributed by atoms with Gasteiger partial charge in [0.05, 0.1) is 40.1 Å². The highest BCUT2D eigenvalue weighted by atomic mass is 32.2. The molecule has 20 nitrogen and oxygen atoms in total. The number of allylic oxidation sites excluding steroid dienone is 6. The van der Waals surface area contributed by atoms with Gasteiger partial charge in [-0.05, 0) is 120 Å². The van der Waals surface area contributed by atoms with Gasteiger partial charge in [-0.25, -0.2) is 15.8 Å². The fourth-order valence-electron chi connectivity index (χ4n) is 10.2. The second-order valence-corrected chi connectivity index (χ2v) is 25.6. The van der Waals surface area contributed by atoms with Crippen molar-refractivity contribution >= 4 is 111 Å². The summed E-state index contributed by atoms with van der Waals surface area (Å²) in [5.41, 5.74) is 4.93. The van der Waals surface area contributed by atoms with Crippen LogP contribution in [0.15, 0.2) is 122 Å². The summed E-state index contributed by atoms with van der Waals surface area (Å²) < 4.78 is 122. The van der Waals surface area contributed by atoms with E-state index in [1.807, 2.05) is 75.1 Å². The largest absolute Gasteiger partial charge is 0.344 e. The Balaban J connectivity index is 1.46. The van der Waals surface area contributed by atoms with E-state index in [1.165, 1.54) is 24.3 Å². The lowest BCUT2D eigenvalue weighted by molar-refractivity contribution is -0.438. The Morgan fingerprint density at radius 1 is 0.724 bits per heavy atom. The molecule has 0 saturated heterocycles. The first kappa shape index (κ1) is 59.4. The van der Waals surface area contributed by atoms with Crippen molar-refractivity contribution < 1.29 is 87.4 Å². The first-order chi connectivity index (χ1) is 36.0. The molecule has 5 aromatic carbocycles. The first-order valence-electron chi connectivity index (χ1n) is 23.6. The van der Waals surface area contributed by atoms with Gasteiger partial charge < -0.3 is 4.90 Å². The summed E-state index contributed by atoms with van der Waals surface area (Å²) >= 11 is 1.95. The van der Waals surface area contributed by atoms with Crippen LogP contribution < -0.4 is 4.90 Å². The lowest BCUT2D eigenvalue weighted by atomic mass is 9.78. The lowest BCUT2D eigenvalue weighted by Crippen LogP contribution is -2.28. The van der Waals surface area contributed by atoms with E-state index in [1.54, 1.807) is 18.2 Å². The monoisotopic (exact) mass is 1170 g/mol. The van der Waals surface area contributed by atoms with E-state index in [0.717, 1.165) is 65.8 Å². The summed E-state index contributed by atoms with van der Waals surface area (Å²) in [4.78, 5) is 1.45. The molecule has 0 atom stereocenters. The van der Waals surface area contributed by atoms with Gasteiger partial charge in [0.15, 0.2) is 5.71 Å². The van der Waals surface area contributed by atoms with Gasteiger partial charge in [-0.2, -0.15) is 29.8 Å². The second kappa shape index (κ2) is 24.8. The summed E-state index contributed by atoms with van der Waals surface area (Å²) in [6, 6.07) is 20.4. The summed E-state index contributed by atoms with van der Waals surface area (Å²) in [6.45, 7) is 10.4. The minimum Gasteiger partial charge on any atom is -0.344 e. The Morgan fingerprint density at radius 2 is 1.43 bits per heavy atom. The van der Waals surface area contributed by atoms with Crippen LogP contribution in [0.2, 0.25) is 0 Å². The highest BCUT2D eigenvalue weighted by molar-refractivity contribution is 7.95. The fourth-order valence-corrected chi connectivity index (χ4v) is 13.4. The van der Waals surface area contributed by atoms with Crippen LogP contribution in [-0.2, 0) is 75.7 Å². The molecule has 0 amide bonds. The number of hydrogen-bond acceptors (Lipinski definition) is 19. The van der Waals surface area contributed by atoms with Crippen LogP contribution in [0, 0.1) is 0 Å². The van der Waals surface area contributed by atoms with Crippen LogP contribution in [0.3, 0.4) is 0 Å². The van der Waals surface area contributed by atoms with E-state index in [0.29, 0.717) is 81.5 Å². The van der Waals surface area contributed by atoms with Crippen LogP contribution in [0.25, 0.3) is 27.1 Å². The van der Waals surface area contributed by atoms with Crippen LogP contribution >= 0.6 is 36.1 Å². The third-order valence-electron chi connectivity index (χ3n) is 13.3. The lowest BCUT2D eigenvalue weighted by Gasteiger charge is -2.27. The van der Waals surface area contributed by atoms with Crippen molar-refractivity contribution in [1.82, 2.24) is 0 Å². The normalized spacial score (nSPS) is 16.3. The van der Waals surface area contributed by atoms with E-state index >= 15 is 0 Å². The number of anilines is 1. The Morgan fingerprint density at radius 3 is 2.12 bits per heavy atom. The van der Waals surface area contributed by atoms with E-state index in [-0.39, 0.29) is 28.1 Å². The molecule has 7 rings (SSSR count). The predicted octanol–water partition coefficient (Wildman–Crippen LogP) is 11.5. The number of nitrogens with zero attached hydrogens (tertiary/aromatic N) is 2. The van der Waals surface area contributed by atoms with Crippen LogP contribution in [0.1, 0.15) is 89.0 Å². The van der Waals surface area contributed by atoms with Crippen LogP contribution in [-0.4, -0.2) is 89.6 Å². The number of rotatable bonds is 26. The number of benzene rings is 5. The molecule has 0 aliphatic carbocycles. The minimum atomic E-state index is -4.82. The zero-order valence-electron chi connectivity index (χ0n) is 41.7.